The van der Waals surface area contributed by atoms with Gasteiger partial charge in [0.25, 0.3) is 0 Å². The van der Waals surface area contributed by atoms with Crippen LogP contribution >= 0.6 is 35.3 Å². The Balaban J connectivity index is 0.00000272. The predicted octanol–water partition coefficient (Wildman–Crippen LogP) is 2.30. The van der Waals surface area contributed by atoms with Crippen molar-refractivity contribution in [1.29, 1.82) is 0 Å². The third-order valence-electron chi connectivity index (χ3n) is 5.76. The number of hydrogen-bond donors (Lipinski definition) is 1. The van der Waals surface area contributed by atoms with E-state index in [9.17, 15) is 8.42 Å². The number of benzene rings is 1. The van der Waals surface area contributed by atoms with Gasteiger partial charge in [-0.15, -0.1) is 35.3 Å². The van der Waals surface area contributed by atoms with Crippen LogP contribution in [0.25, 0.3) is 0 Å². The molecule has 0 aliphatic carbocycles. The van der Waals surface area contributed by atoms with Gasteiger partial charge in [-0.3, -0.25) is 4.99 Å². The van der Waals surface area contributed by atoms with Crippen molar-refractivity contribution in [2.24, 2.45) is 16.6 Å². The standard InChI is InChI=1S/C20H28N6O2S2.HI/c21-19(24-11-13-25(14-12-24)20-22-8-15-29-20)23-16-17-6-9-26(10-7-17)30(27,28)18-4-2-1-3-5-18;/h1-5,8,15,17H,6-7,9-14,16H2,(H2,21,23);1H. The summed E-state index contributed by atoms with van der Waals surface area (Å²) in [5.41, 5.74) is 6.24. The first-order valence-electron chi connectivity index (χ1n) is 10.3. The van der Waals surface area contributed by atoms with Crippen molar-refractivity contribution < 1.29 is 8.42 Å². The Bertz CT molecular complexity index is 939. The first-order chi connectivity index (χ1) is 14.5. The molecule has 0 bridgehead atoms. The molecule has 31 heavy (non-hydrogen) atoms. The summed E-state index contributed by atoms with van der Waals surface area (Å²) >= 11 is 1.66. The van der Waals surface area contributed by atoms with Gasteiger partial charge in [0.1, 0.15) is 0 Å². The Hall–Kier alpha value is -1.44. The van der Waals surface area contributed by atoms with Crippen molar-refractivity contribution in [1.82, 2.24) is 14.2 Å². The van der Waals surface area contributed by atoms with Crippen LogP contribution in [0, 0.1) is 5.92 Å². The van der Waals surface area contributed by atoms with Gasteiger partial charge < -0.3 is 15.5 Å². The molecule has 0 saturated carbocycles. The highest BCUT2D eigenvalue weighted by molar-refractivity contribution is 14.0. The van der Waals surface area contributed by atoms with Gasteiger partial charge in [-0.1, -0.05) is 18.2 Å². The lowest BCUT2D eigenvalue weighted by molar-refractivity contribution is 0.277. The molecular weight excluding hydrogens is 547 g/mol. The SMILES string of the molecule is I.NC(=NCC1CCN(S(=O)(=O)c2ccccc2)CC1)N1CCN(c2nccs2)CC1. The predicted molar refractivity (Wildman–Crippen MR) is 136 cm³/mol. The minimum atomic E-state index is -3.40. The number of anilines is 1. The van der Waals surface area contributed by atoms with E-state index in [4.69, 9.17) is 5.73 Å². The fourth-order valence-electron chi connectivity index (χ4n) is 3.90. The summed E-state index contributed by atoms with van der Waals surface area (Å²) in [7, 11) is -3.40. The molecule has 4 rings (SSSR count). The van der Waals surface area contributed by atoms with E-state index in [2.05, 4.69) is 19.8 Å². The fourth-order valence-corrected chi connectivity index (χ4v) is 6.08. The highest BCUT2D eigenvalue weighted by atomic mass is 127. The van der Waals surface area contributed by atoms with Gasteiger partial charge in [0.05, 0.1) is 4.90 Å². The number of halogens is 1. The van der Waals surface area contributed by atoms with Gasteiger partial charge in [-0.25, -0.2) is 13.4 Å². The van der Waals surface area contributed by atoms with Crippen molar-refractivity contribution in [3.8, 4) is 0 Å². The minimum absolute atomic E-state index is 0. The number of sulfonamides is 1. The summed E-state index contributed by atoms with van der Waals surface area (Å²) < 4.78 is 27.1. The van der Waals surface area contributed by atoms with E-state index in [0.29, 0.717) is 36.4 Å². The van der Waals surface area contributed by atoms with Crippen molar-refractivity contribution in [3.05, 3.63) is 41.9 Å². The fraction of sp³-hybridized carbons (Fsp3) is 0.500. The lowest BCUT2D eigenvalue weighted by Crippen LogP contribution is -2.51. The van der Waals surface area contributed by atoms with Gasteiger partial charge in [-0.05, 0) is 30.9 Å². The molecule has 2 aliphatic heterocycles. The van der Waals surface area contributed by atoms with Crippen molar-refractivity contribution >= 4 is 56.4 Å². The van der Waals surface area contributed by atoms with Gasteiger partial charge in [0.2, 0.25) is 10.0 Å². The Morgan fingerprint density at radius 1 is 1.10 bits per heavy atom. The molecule has 0 unspecified atom stereocenters. The topological polar surface area (TPSA) is 95.1 Å². The highest BCUT2D eigenvalue weighted by Crippen LogP contribution is 2.24. The molecular formula is C20H29IN6O2S2. The van der Waals surface area contributed by atoms with Crippen LogP contribution in [-0.4, -0.2) is 74.4 Å². The van der Waals surface area contributed by atoms with Gasteiger partial charge in [0.15, 0.2) is 11.1 Å². The molecule has 0 atom stereocenters. The third kappa shape index (κ3) is 5.88. The maximum Gasteiger partial charge on any atom is 0.243 e. The first-order valence-corrected chi connectivity index (χ1v) is 12.6. The number of rotatable bonds is 5. The van der Waals surface area contributed by atoms with Crippen molar-refractivity contribution in [3.63, 3.8) is 0 Å². The normalized spacial score (nSPS) is 19.3. The molecule has 3 heterocycles. The number of piperazine rings is 1. The molecule has 1 aromatic heterocycles. The van der Waals surface area contributed by atoms with Crippen LogP contribution in [0.2, 0.25) is 0 Å². The van der Waals surface area contributed by atoms with E-state index in [1.807, 2.05) is 17.6 Å². The number of piperidine rings is 1. The molecule has 0 spiro atoms. The van der Waals surface area contributed by atoms with Crippen LogP contribution in [0.15, 0.2) is 51.8 Å². The van der Waals surface area contributed by atoms with Crippen LogP contribution in [0.5, 0.6) is 0 Å². The number of aromatic nitrogens is 1. The number of guanidine groups is 1. The quantitative estimate of drug-likeness (QED) is 0.334. The first kappa shape index (κ1) is 24.2. The molecule has 11 heteroatoms. The molecule has 2 aliphatic rings. The van der Waals surface area contributed by atoms with Crippen molar-refractivity contribution in [2.45, 2.75) is 17.7 Å². The van der Waals surface area contributed by atoms with Crippen LogP contribution in [0.4, 0.5) is 5.13 Å². The molecule has 2 saturated heterocycles. The van der Waals surface area contributed by atoms with E-state index in [1.165, 1.54) is 0 Å². The van der Waals surface area contributed by atoms with E-state index >= 15 is 0 Å². The second kappa shape index (κ2) is 10.9. The summed E-state index contributed by atoms with van der Waals surface area (Å²) in [6.45, 7) is 5.16. The highest BCUT2D eigenvalue weighted by Gasteiger charge is 2.29. The van der Waals surface area contributed by atoms with Crippen LogP contribution in [-0.2, 0) is 10.0 Å². The van der Waals surface area contributed by atoms with Gasteiger partial charge >= 0.3 is 0 Å². The minimum Gasteiger partial charge on any atom is -0.370 e. The largest absolute Gasteiger partial charge is 0.370 e. The van der Waals surface area contributed by atoms with E-state index in [0.717, 1.165) is 44.2 Å². The summed E-state index contributed by atoms with van der Waals surface area (Å²) in [5.74, 6) is 0.954. The van der Waals surface area contributed by atoms with E-state index in [1.54, 1.807) is 39.9 Å². The Kier molecular flexibility index (Phi) is 8.53. The number of nitrogens with two attached hydrogens (primary N) is 1. The average molecular weight is 577 g/mol. The number of thiazole rings is 1. The van der Waals surface area contributed by atoms with Crippen LogP contribution in [0.1, 0.15) is 12.8 Å². The van der Waals surface area contributed by atoms with E-state index in [-0.39, 0.29) is 24.0 Å². The molecule has 2 N–H and O–H groups in total. The molecule has 2 aromatic rings. The molecule has 0 amide bonds. The maximum absolute atomic E-state index is 12.7. The number of aliphatic imine (C=N–C) groups is 1. The Labute approximate surface area is 205 Å². The molecule has 1 aromatic carbocycles. The number of nitrogens with zero attached hydrogens (tertiary/aromatic N) is 5. The second-order valence-electron chi connectivity index (χ2n) is 7.65. The Morgan fingerprint density at radius 3 is 2.39 bits per heavy atom. The second-order valence-corrected chi connectivity index (χ2v) is 10.5. The Morgan fingerprint density at radius 2 is 1.77 bits per heavy atom. The maximum atomic E-state index is 12.7. The van der Waals surface area contributed by atoms with Crippen LogP contribution < -0.4 is 10.6 Å². The summed E-state index contributed by atoms with van der Waals surface area (Å²) in [4.78, 5) is 13.8. The lowest BCUT2D eigenvalue weighted by Gasteiger charge is -2.35. The van der Waals surface area contributed by atoms with E-state index < -0.39 is 10.0 Å². The molecule has 8 nitrogen and oxygen atoms in total. The van der Waals surface area contributed by atoms with Gasteiger partial charge in [-0.2, -0.15) is 4.31 Å². The summed E-state index contributed by atoms with van der Waals surface area (Å²) in [6, 6.07) is 8.65. The smallest absolute Gasteiger partial charge is 0.243 e. The summed E-state index contributed by atoms with van der Waals surface area (Å²) in [5, 5.41) is 3.05. The zero-order valence-corrected chi connectivity index (χ0v) is 21.3. The monoisotopic (exact) mass is 576 g/mol. The average Bonchev–Trinajstić information content (AvgIpc) is 3.33. The third-order valence-corrected chi connectivity index (χ3v) is 8.50. The molecule has 2 fully saturated rings. The molecule has 170 valence electrons. The van der Waals surface area contributed by atoms with Gasteiger partial charge in [0, 0.05) is 57.4 Å². The number of hydrogen-bond acceptors (Lipinski definition) is 6. The zero-order chi connectivity index (χ0) is 21.0. The van der Waals surface area contributed by atoms with Crippen molar-refractivity contribution in [2.75, 3.05) is 50.7 Å². The summed E-state index contributed by atoms with van der Waals surface area (Å²) in [6.07, 6.45) is 3.44. The zero-order valence-electron chi connectivity index (χ0n) is 17.3. The van der Waals surface area contributed by atoms with Crippen LogP contribution in [0.3, 0.4) is 0 Å². The molecule has 0 radical (unpaired) electrons. The lowest BCUT2D eigenvalue weighted by atomic mass is 9.98.